The van der Waals surface area contributed by atoms with E-state index in [-0.39, 0.29) is 11.5 Å². The first-order valence-electron chi connectivity index (χ1n) is 8.44. The van der Waals surface area contributed by atoms with Crippen LogP contribution < -0.4 is 5.73 Å². The predicted octanol–water partition coefficient (Wildman–Crippen LogP) is 1.16. The van der Waals surface area contributed by atoms with Crippen LogP contribution in [0, 0.1) is 11.3 Å². The molecule has 2 unspecified atom stereocenters. The van der Waals surface area contributed by atoms with Crippen molar-refractivity contribution in [2.75, 3.05) is 52.5 Å². The molecule has 3 saturated heterocycles. The van der Waals surface area contributed by atoms with E-state index in [2.05, 4.69) is 16.7 Å². The molecule has 4 nitrogen and oxygen atoms in total. The number of ether oxygens (including phenoxy) is 1. The van der Waals surface area contributed by atoms with Gasteiger partial charge >= 0.3 is 0 Å². The van der Waals surface area contributed by atoms with Gasteiger partial charge in [0.05, 0.1) is 13.2 Å². The van der Waals surface area contributed by atoms with Gasteiger partial charge in [-0.1, -0.05) is 6.92 Å². The molecule has 3 aliphatic rings. The second-order valence-electron chi connectivity index (χ2n) is 7.50. The van der Waals surface area contributed by atoms with E-state index < -0.39 is 0 Å². The SMILES string of the molecule is CC1(CN2CCC(CN3CCCC3)CC2)COCC1N. The monoisotopic (exact) mass is 281 g/mol. The minimum Gasteiger partial charge on any atom is -0.379 e. The summed E-state index contributed by atoms with van der Waals surface area (Å²) >= 11 is 0. The van der Waals surface area contributed by atoms with Gasteiger partial charge in [0.1, 0.15) is 0 Å². The Balaban J connectivity index is 1.41. The van der Waals surface area contributed by atoms with E-state index in [0.717, 1.165) is 25.7 Å². The van der Waals surface area contributed by atoms with Gasteiger partial charge in [0.25, 0.3) is 0 Å². The van der Waals surface area contributed by atoms with Crippen molar-refractivity contribution in [1.82, 2.24) is 9.80 Å². The molecule has 20 heavy (non-hydrogen) atoms. The van der Waals surface area contributed by atoms with Crippen molar-refractivity contribution < 1.29 is 4.74 Å². The second kappa shape index (κ2) is 6.30. The highest BCUT2D eigenvalue weighted by Crippen LogP contribution is 2.30. The summed E-state index contributed by atoms with van der Waals surface area (Å²) in [6.07, 6.45) is 5.55. The lowest BCUT2D eigenvalue weighted by atomic mass is 9.84. The molecular weight excluding hydrogens is 250 g/mol. The highest BCUT2D eigenvalue weighted by molar-refractivity contribution is 4.93. The van der Waals surface area contributed by atoms with Crippen molar-refractivity contribution in [2.24, 2.45) is 17.1 Å². The molecule has 2 atom stereocenters. The van der Waals surface area contributed by atoms with E-state index in [9.17, 15) is 0 Å². The van der Waals surface area contributed by atoms with E-state index in [1.54, 1.807) is 0 Å². The first-order valence-corrected chi connectivity index (χ1v) is 8.44. The topological polar surface area (TPSA) is 41.7 Å². The zero-order valence-corrected chi connectivity index (χ0v) is 13.0. The predicted molar refractivity (Wildman–Crippen MR) is 81.7 cm³/mol. The number of nitrogens with zero attached hydrogens (tertiary/aromatic N) is 2. The fourth-order valence-corrected chi connectivity index (χ4v) is 4.06. The molecule has 0 aromatic carbocycles. The normalized spacial score (nSPS) is 37.8. The van der Waals surface area contributed by atoms with Gasteiger partial charge in [0.15, 0.2) is 0 Å². The Hall–Kier alpha value is -0.160. The molecule has 0 amide bonds. The van der Waals surface area contributed by atoms with Crippen LogP contribution in [0.1, 0.15) is 32.6 Å². The largest absolute Gasteiger partial charge is 0.379 e. The van der Waals surface area contributed by atoms with Gasteiger partial charge in [0.2, 0.25) is 0 Å². The summed E-state index contributed by atoms with van der Waals surface area (Å²) in [5.74, 6) is 0.922. The van der Waals surface area contributed by atoms with Gasteiger partial charge in [0, 0.05) is 24.5 Å². The lowest BCUT2D eigenvalue weighted by Crippen LogP contribution is -2.49. The van der Waals surface area contributed by atoms with E-state index in [1.165, 1.54) is 58.4 Å². The lowest BCUT2D eigenvalue weighted by Gasteiger charge is -2.39. The molecule has 2 N–H and O–H groups in total. The Labute approximate surface area is 123 Å². The van der Waals surface area contributed by atoms with E-state index in [1.807, 2.05) is 0 Å². The van der Waals surface area contributed by atoms with Crippen LogP contribution in [0.15, 0.2) is 0 Å². The summed E-state index contributed by atoms with van der Waals surface area (Å²) in [4.78, 5) is 5.29. The molecule has 3 heterocycles. The fraction of sp³-hybridized carbons (Fsp3) is 1.00. The van der Waals surface area contributed by atoms with Crippen molar-refractivity contribution in [2.45, 2.75) is 38.6 Å². The van der Waals surface area contributed by atoms with E-state index in [0.29, 0.717) is 0 Å². The van der Waals surface area contributed by atoms with E-state index >= 15 is 0 Å². The standard InChI is InChI=1S/C16H31N3O/c1-16(13-20-11-15(16)17)12-19-8-4-14(5-9-19)10-18-6-2-3-7-18/h14-15H,2-13,17H2,1H3. The molecule has 0 radical (unpaired) electrons. The Kier molecular flexibility index (Phi) is 4.65. The van der Waals surface area contributed by atoms with Gasteiger partial charge in [-0.3, -0.25) is 0 Å². The molecule has 0 saturated carbocycles. The third-order valence-electron chi connectivity index (χ3n) is 5.63. The number of hydrogen-bond acceptors (Lipinski definition) is 4. The molecular formula is C16H31N3O. The number of piperidine rings is 1. The minimum atomic E-state index is 0.168. The number of hydrogen-bond donors (Lipinski definition) is 1. The van der Waals surface area contributed by atoms with Crippen LogP contribution in [0.3, 0.4) is 0 Å². The van der Waals surface area contributed by atoms with Crippen molar-refractivity contribution in [3.05, 3.63) is 0 Å². The molecule has 3 aliphatic heterocycles. The molecule has 3 fully saturated rings. The maximum absolute atomic E-state index is 6.21. The van der Waals surface area contributed by atoms with Crippen molar-refractivity contribution in [3.63, 3.8) is 0 Å². The molecule has 116 valence electrons. The van der Waals surface area contributed by atoms with Gasteiger partial charge in [-0.25, -0.2) is 0 Å². The summed E-state index contributed by atoms with van der Waals surface area (Å²) in [5.41, 5.74) is 6.38. The first-order chi connectivity index (χ1) is 9.66. The quantitative estimate of drug-likeness (QED) is 0.839. The summed E-state index contributed by atoms with van der Waals surface area (Å²) in [6, 6.07) is 0.213. The van der Waals surface area contributed by atoms with Crippen molar-refractivity contribution in [3.8, 4) is 0 Å². The Morgan fingerprint density at radius 2 is 1.80 bits per heavy atom. The van der Waals surface area contributed by atoms with Gasteiger partial charge < -0.3 is 20.3 Å². The lowest BCUT2D eigenvalue weighted by molar-refractivity contribution is 0.0881. The van der Waals surface area contributed by atoms with Crippen molar-refractivity contribution in [1.29, 1.82) is 0 Å². The van der Waals surface area contributed by atoms with Crippen LogP contribution in [-0.4, -0.2) is 68.3 Å². The molecule has 0 bridgehead atoms. The zero-order valence-electron chi connectivity index (χ0n) is 13.0. The maximum Gasteiger partial charge on any atom is 0.0624 e. The Morgan fingerprint density at radius 3 is 2.40 bits per heavy atom. The smallest absolute Gasteiger partial charge is 0.0624 e. The number of likely N-dealkylation sites (tertiary alicyclic amines) is 2. The average molecular weight is 281 g/mol. The summed E-state index contributed by atoms with van der Waals surface area (Å²) < 4.78 is 5.57. The number of nitrogens with two attached hydrogens (primary N) is 1. The van der Waals surface area contributed by atoms with Crippen LogP contribution >= 0.6 is 0 Å². The zero-order chi connectivity index (χ0) is 14.0. The molecule has 0 spiro atoms. The first kappa shape index (κ1) is 14.8. The molecule has 0 aliphatic carbocycles. The highest BCUT2D eigenvalue weighted by atomic mass is 16.5. The minimum absolute atomic E-state index is 0.168. The van der Waals surface area contributed by atoms with Gasteiger partial charge in [-0.15, -0.1) is 0 Å². The van der Waals surface area contributed by atoms with Crippen molar-refractivity contribution >= 4 is 0 Å². The van der Waals surface area contributed by atoms with Crippen LogP contribution in [0.4, 0.5) is 0 Å². The Bertz CT molecular complexity index is 311. The molecule has 0 aromatic heterocycles. The van der Waals surface area contributed by atoms with E-state index in [4.69, 9.17) is 10.5 Å². The molecule has 3 rings (SSSR count). The third kappa shape index (κ3) is 3.35. The molecule has 0 aromatic rings. The van der Waals surface area contributed by atoms with Crippen LogP contribution in [-0.2, 0) is 4.74 Å². The van der Waals surface area contributed by atoms with Crippen LogP contribution in [0.25, 0.3) is 0 Å². The van der Waals surface area contributed by atoms with Crippen LogP contribution in [0.5, 0.6) is 0 Å². The number of rotatable bonds is 4. The van der Waals surface area contributed by atoms with Gasteiger partial charge in [-0.05, 0) is 57.8 Å². The summed E-state index contributed by atoms with van der Waals surface area (Å²) in [6.45, 7) is 11.5. The van der Waals surface area contributed by atoms with Gasteiger partial charge in [-0.2, -0.15) is 0 Å². The average Bonchev–Trinajstić information content (AvgIpc) is 3.04. The maximum atomic E-state index is 6.21. The highest BCUT2D eigenvalue weighted by Gasteiger charge is 2.39. The summed E-state index contributed by atoms with van der Waals surface area (Å²) in [7, 11) is 0. The van der Waals surface area contributed by atoms with Crippen LogP contribution in [0.2, 0.25) is 0 Å². The third-order valence-corrected chi connectivity index (χ3v) is 5.63. The second-order valence-corrected chi connectivity index (χ2v) is 7.50. The Morgan fingerprint density at radius 1 is 1.10 bits per heavy atom. The summed E-state index contributed by atoms with van der Waals surface area (Å²) in [5, 5.41) is 0. The molecule has 4 heteroatoms. The fourth-order valence-electron chi connectivity index (χ4n) is 4.06.